The molecule has 0 aromatic heterocycles. The molecule has 19 heavy (non-hydrogen) atoms. The molecule has 3 nitrogen and oxygen atoms in total. The lowest BCUT2D eigenvalue weighted by molar-refractivity contribution is 0.0987. The number of carbonyl (C=O) groups excluding carboxylic acids is 1. The van der Waals surface area contributed by atoms with E-state index in [0.29, 0.717) is 6.54 Å². The molecule has 0 saturated carbocycles. The highest BCUT2D eigenvalue weighted by Crippen LogP contribution is 2.19. The largest absolute Gasteiger partial charge is 0.329 e. The standard InChI is InChI=1S/C14H20F2N2O/c1-4-14(19)9-5-12(15)11(13(16)6-9)7-10(8-17)18(2)3/h5-6,10H,4,7-8,17H2,1-3H3/t10-/m0/s1. The van der Waals surface area contributed by atoms with Crippen molar-refractivity contribution in [2.45, 2.75) is 25.8 Å². The first kappa shape index (κ1) is 15.7. The molecule has 0 amide bonds. The van der Waals surface area contributed by atoms with Crippen LogP contribution < -0.4 is 5.73 Å². The van der Waals surface area contributed by atoms with Gasteiger partial charge in [-0.15, -0.1) is 0 Å². The number of rotatable bonds is 6. The van der Waals surface area contributed by atoms with E-state index in [1.807, 2.05) is 19.0 Å². The lowest BCUT2D eigenvalue weighted by Crippen LogP contribution is -2.37. The summed E-state index contributed by atoms with van der Waals surface area (Å²) < 4.78 is 27.8. The fourth-order valence-corrected chi connectivity index (χ4v) is 1.88. The van der Waals surface area contributed by atoms with Gasteiger partial charge in [0.25, 0.3) is 0 Å². The number of hydrogen-bond donors (Lipinski definition) is 1. The topological polar surface area (TPSA) is 46.3 Å². The van der Waals surface area contributed by atoms with Gasteiger partial charge in [-0.25, -0.2) is 8.78 Å². The summed E-state index contributed by atoms with van der Waals surface area (Å²) in [5, 5.41) is 0. The molecule has 1 atom stereocenters. The SMILES string of the molecule is CCC(=O)c1cc(F)c(C[C@@H](CN)N(C)C)c(F)c1. The Morgan fingerprint density at radius 1 is 1.32 bits per heavy atom. The average molecular weight is 270 g/mol. The van der Waals surface area contributed by atoms with Crippen molar-refractivity contribution >= 4 is 5.78 Å². The van der Waals surface area contributed by atoms with Crippen LogP contribution in [-0.4, -0.2) is 37.4 Å². The first-order chi connectivity index (χ1) is 8.90. The van der Waals surface area contributed by atoms with Gasteiger partial charge in [0, 0.05) is 30.1 Å². The van der Waals surface area contributed by atoms with Crippen LogP contribution in [-0.2, 0) is 6.42 Å². The van der Waals surface area contributed by atoms with Crippen molar-refractivity contribution in [3.8, 4) is 0 Å². The monoisotopic (exact) mass is 270 g/mol. The van der Waals surface area contributed by atoms with Crippen LogP contribution in [0.2, 0.25) is 0 Å². The zero-order valence-corrected chi connectivity index (χ0v) is 11.5. The summed E-state index contributed by atoms with van der Waals surface area (Å²) in [4.78, 5) is 13.3. The highest BCUT2D eigenvalue weighted by Gasteiger charge is 2.19. The van der Waals surface area contributed by atoms with E-state index in [1.165, 1.54) is 0 Å². The van der Waals surface area contributed by atoms with Gasteiger partial charge in [0.2, 0.25) is 0 Å². The minimum absolute atomic E-state index is 0.0168. The number of ketones is 1. The van der Waals surface area contributed by atoms with E-state index in [4.69, 9.17) is 5.73 Å². The summed E-state index contributed by atoms with van der Waals surface area (Å²) in [5.41, 5.74) is 5.64. The van der Waals surface area contributed by atoms with Gasteiger partial charge in [-0.3, -0.25) is 4.79 Å². The van der Waals surface area contributed by atoms with Crippen LogP contribution in [0.4, 0.5) is 8.78 Å². The van der Waals surface area contributed by atoms with Crippen molar-refractivity contribution < 1.29 is 13.6 Å². The molecular weight excluding hydrogens is 250 g/mol. The van der Waals surface area contributed by atoms with Crippen LogP contribution in [0.3, 0.4) is 0 Å². The van der Waals surface area contributed by atoms with Gasteiger partial charge in [0.1, 0.15) is 11.6 Å². The molecule has 2 N–H and O–H groups in total. The molecule has 5 heteroatoms. The number of carbonyl (C=O) groups is 1. The van der Waals surface area contributed by atoms with Crippen molar-refractivity contribution in [1.82, 2.24) is 4.90 Å². The quantitative estimate of drug-likeness (QED) is 0.804. The van der Waals surface area contributed by atoms with Crippen molar-refractivity contribution in [3.05, 3.63) is 34.9 Å². The van der Waals surface area contributed by atoms with E-state index in [9.17, 15) is 13.6 Å². The second-order valence-electron chi connectivity index (χ2n) is 4.75. The third-order valence-electron chi connectivity index (χ3n) is 3.23. The first-order valence-electron chi connectivity index (χ1n) is 6.28. The Kier molecular flexibility index (Phi) is 5.57. The second kappa shape index (κ2) is 6.73. The van der Waals surface area contributed by atoms with Crippen LogP contribution >= 0.6 is 0 Å². The van der Waals surface area contributed by atoms with E-state index in [-0.39, 0.29) is 35.8 Å². The van der Waals surface area contributed by atoms with Crippen LogP contribution in [0.25, 0.3) is 0 Å². The molecule has 0 bridgehead atoms. The number of benzene rings is 1. The summed E-state index contributed by atoms with van der Waals surface area (Å²) in [6.45, 7) is 1.96. The summed E-state index contributed by atoms with van der Waals surface area (Å²) in [6, 6.07) is 2.07. The maximum atomic E-state index is 13.9. The third kappa shape index (κ3) is 3.81. The predicted octanol–water partition coefficient (Wildman–Crippen LogP) is 1.99. The van der Waals surface area contributed by atoms with Crippen molar-refractivity contribution in [3.63, 3.8) is 0 Å². The van der Waals surface area contributed by atoms with E-state index in [0.717, 1.165) is 12.1 Å². The summed E-state index contributed by atoms with van der Waals surface area (Å²) in [5.74, 6) is -1.64. The van der Waals surface area contributed by atoms with E-state index >= 15 is 0 Å². The molecule has 0 fully saturated rings. The van der Waals surface area contributed by atoms with Crippen LogP contribution in [0.15, 0.2) is 12.1 Å². The molecule has 1 rings (SSSR count). The van der Waals surface area contributed by atoms with Gasteiger partial charge < -0.3 is 10.6 Å². The zero-order chi connectivity index (χ0) is 14.6. The van der Waals surface area contributed by atoms with Crippen LogP contribution in [0.1, 0.15) is 29.3 Å². The summed E-state index contributed by atoms with van der Waals surface area (Å²) >= 11 is 0. The van der Waals surface area contributed by atoms with E-state index in [2.05, 4.69) is 0 Å². The molecule has 0 aliphatic carbocycles. The molecule has 0 aliphatic heterocycles. The normalized spacial score (nSPS) is 12.8. The maximum Gasteiger partial charge on any atom is 0.162 e. The second-order valence-corrected chi connectivity index (χ2v) is 4.75. The molecule has 106 valence electrons. The lowest BCUT2D eigenvalue weighted by atomic mass is 10.00. The summed E-state index contributed by atoms with van der Waals surface area (Å²) in [6.07, 6.45) is 0.406. The van der Waals surface area contributed by atoms with Gasteiger partial charge in [-0.05, 0) is 32.6 Å². The van der Waals surface area contributed by atoms with Gasteiger partial charge in [0.15, 0.2) is 5.78 Å². The molecule has 0 saturated heterocycles. The first-order valence-corrected chi connectivity index (χ1v) is 6.28. The van der Waals surface area contributed by atoms with Crippen molar-refractivity contribution in [1.29, 1.82) is 0 Å². The Morgan fingerprint density at radius 2 is 1.84 bits per heavy atom. The Labute approximate surface area is 112 Å². The smallest absolute Gasteiger partial charge is 0.162 e. The lowest BCUT2D eigenvalue weighted by Gasteiger charge is -2.23. The number of nitrogens with zero attached hydrogens (tertiary/aromatic N) is 1. The highest BCUT2D eigenvalue weighted by atomic mass is 19.1. The van der Waals surface area contributed by atoms with E-state index < -0.39 is 11.6 Å². The molecule has 0 radical (unpaired) electrons. The van der Waals surface area contributed by atoms with Crippen molar-refractivity contribution in [2.75, 3.05) is 20.6 Å². The van der Waals surface area contributed by atoms with Gasteiger partial charge in [-0.2, -0.15) is 0 Å². The van der Waals surface area contributed by atoms with E-state index in [1.54, 1.807) is 6.92 Å². The minimum Gasteiger partial charge on any atom is -0.329 e. The predicted molar refractivity (Wildman–Crippen MR) is 71.2 cm³/mol. The van der Waals surface area contributed by atoms with Gasteiger partial charge in [0.05, 0.1) is 0 Å². The average Bonchev–Trinajstić information content (AvgIpc) is 2.36. The molecular formula is C14H20F2N2O. The minimum atomic E-state index is -0.683. The number of likely N-dealkylation sites (N-methyl/N-ethyl adjacent to an activating group) is 1. The number of hydrogen-bond acceptors (Lipinski definition) is 3. The van der Waals surface area contributed by atoms with Crippen LogP contribution in [0.5, 0.6) is 0 Å². The Bertz CT molecular complexity index is 438. The third-order valence-corrected chi connectivity index (χ3v) is 3.23. The van der Waals surface area contributed by atoms with Crippen molar-refractivity contribution in [2.24, 2.45) is 5.73 Å². The maximum absolute atomic E-state index is 13.9. The van der Waals surface area contributed by atoms with Crippen LogP contribution in [0, 0.1) is 11.6 Å². The number of Topliss-reactive ketones (excluding diaryl/α,β-unsaturated/α-hetero) is 1. The summed E-state index contributed by atoms with van der Waals surface area (Å²) in [7, 11) is 3.62. The molecule has 0 heterocycles. The Balaban J connectivity index is 3.06. The molecule has 0 unspecified atom stereocenters. The Hall–Kier alpha value is -1.33. The molecule has 0 spiro atoms. The zero-order valence-electron chi connectivity index (χ0n) is 11.5. The number of nitrogens with two attached hydrogens (primary N) is 1. The van der Waals surface area contributed by atoms with Gasteiger partial charge in [-0.1, -0.05) is 6.92 Å². The number of halogens is 2. The van der Waals surface area contributed by atoms with Gasteiger partial charge >= 0.3 is 0 Å². The fourth-order valence-electron chi connectivity index (χ4n) is 1.88. The fraction of sp³-hybridized carbons (Fsp3) is 0.500. The Morgan fingerprint density at radius 3 is 2.21 bits per heavy atom. The molecule has 1 aromatic carbocycles. The molecule has 0 aliphatic rings. The highest BCUT2D eigenvalue weighted by molar-refractivity contribution is 5.95. The molecule has 1 aromatic rings.